The van der Waals surface area contributed by atoms with Crippen molar-refractivity contribution in [3.8, 4) is 0 Å². The number of hydrogen-bond acceptors (Lipinski definition) is 3. The number of amides is 1. The number of piperidine rings is 1. The molecule has 2 aliphatic heterocycles. The normalized spacial score (nSPS) is 34.7. The first kappa shape index (κ1) is 13.2. The van der Waals surface area contributed by atoms with E-state index >= 15 is 0 Å². The molecule has 17 heavy (non-hydrogen) atoms. The van der Waals surface area contributed by atoms with Crippen molar-refractivity contribution in [2.45, 2.75) is 44.4 Å². The Kier molecular flexibility index (Phi) is 4.74. The minimum Gasteiger partial charge on any atom is -0.339 e. The molecular formula is C13H24N2OS. The van der Waals surface area contributed by atoms with Gasteiger partial charge >= 0.3 is 0 Å². The van der Waals surface area contributed by atoms with E-state index < -0.39 is 0 Å². The Hall–Kier alpha value is -0.220. The summed E-state index contributed by atoms with van der Waals surface area (Å²) >= 11 is 2.02. The van der Waals surface area contributed by atoms with Crippen LogP contribution in [0, 0.1) is 5.92 Å². The van der Waals surface area contributed by atoms with Gasteiger partial charge in [-0.05, 0) is 31.7 Å². The fourth-order valence-corrected chi connectivity index (χ4v) is 3.92. The van der Waals surface area contributed by atoms with Crippen molar-refractivity contribution >= 4 is 17.7 Å². The highest BCUT2D eigenvalue weighted by atomic mass is 32.2. The smallest absolute Gasteiger partial charge is 0.240 e. The number of hydrogen-bond donors (Lipinski definition) is 1. The maximum Gasteiger partial charge on any atom is 0.240 e. The summed E-state index contributed by atoms with van der Waals surface area (Å²) in [5.41, 5.74) is 0. The van der Waals surface area contributed by atoms with Crippen molar-refractivity contribution in [3.63, 3.8) is 0 Å². The fraction of sp³-hybridized carbons (Fsp3) is 0.923. The Morgan fingerprint density at radius 3 is 3.06 bits per heavy atom. The summed E-state index contributed by atoms with van der Waals surface area (Å²) < 4.78 is 0. The third-order valence-electron chi connectivity index (χ3n) is 3.94. The third kappa shape index (κ3) is 3.16. The standard InChI is InChI=1S/C13H24N2OS/c1-3-11-9-15(7-8-17-11)13(16)12-10(2)5-4-6-14-12/h10-12,14H,3-9H2,1-2H3. The average molecular weight is 256 g/mol. The Morgan fingerprint density at radius 2 is 2.35 bits per heavy atom. The summed E-state index contributed by atoms with van der Waals surface area (Å²) in [6, 6.07) is 0.0735. The Balaban J connectivity index is 1.93. The molecule has 2 rings (SSSR count). The van der Waals surface area contributed by atoms with E-state index in [1.807, 2.05) is 11.8 Å². The molecule has 3 nitrogen and oxygen atoms in total. The lowest BCUT2D eigenvalue weighted by Crippen LogP contribution is -2.54. The molecule has 0 radical (unpaired) electrons. The second-order valence-corrected chi connectivity index (χ2v) is 6.64. The zero-order chi connectivity index (χ0) is 12.3. The van der Waals surface area contributed by atoms with E-state index in [1.165, 1.54) is 19.3 Å². The molecule has 0 aromatic heterocycles. The largest absolute Gasteiger partial charge is 0.339 e. The van der Waals surface area contributed by atoms with Crippen molar-refractivity contribution in [3.05, 3.63) is 0 Å². The van der Waals surface area contributed by atoms with Crippen LogP contribution in [0.15, 0.2) is 0 Å². The molecule has 0 saturated carbocycles. The summed E-state index contributed by atoms with van der Waals surface area (Å²) in [6.45, 7) is 7.30. The van der Waals surface area contributed by atoms with Crippen molar-refractivity contribution in [1.82, 2.24) is 10.2 Å². The van der Waals surface area contributed by atoms with E-state index in [0.29, 0.717) is 17.1 Å². The minimum atomic E-state index is 0.0735. The van der Waals surface area contributed by atoms with Gasteiger partial charge in [0.05, 0.1) is 6.04 Å². The first-order valence-electron chi connectivity index (χ1n) is 6.86. The summed E-state index contributed by atoms with van der Waals surface area (Å²) in [5, 5.41) is 4.05. The fourth-order valence-electron chi connectivity index (χ4n) is 2.74. The summed E-state index contributed by atoms with van der Waals surface area (Å²) in [6.07, 6.45) is 3.56. The number of nitrogens with zero attached hydrogens (tertiary/aromatic N) is 1. The van der Waals surface area contributed by atoms with Gasteiger partial charge in [-0.1, -0.05) is 13.8 Å². The van der Waals surface area contributed by atoms with Crippen LogP contribution >= 0.6 is 11.8 Å². The molecule has 3 unspecified atom stereocenters. The van der Waals surface area contributed by atoms with Gasteiger partial charge in [0.2, 0.25) is 5.91 Å². The molecule has 0 aliphatic carbocycles. The molecule has 2 aliphatic rings. The molecule has 98 valence electrons. The van der Waals surface area contributed by atoms with Gasteiger partial charge in [0, 0.05) is 24.1 Å². The lowest BCUT2D eigenvalue weighted by molar-refractivity contribution is -0.135. The maximum atomic E-state index is 12.5. The third-order valence-corrected chi connectivity index (χ3v) is 5.31. The van der Waals surface area contributed by atoms with Gasteiger partial charge in [-0.2, -0.15) is 11.8 Å². The first-order chi connectivity index (χ1) is 8.22. The topological polar surface area (TPSA) is 32.3 Å². The van der Waals surface area contributed by atoms with Crippen molar-refractivity contribution in [1.29, 1.82) is 0 Å². The minimum absolute atomic E-state index is 0.0735. The van der Waals surface area contributed by atoms with Gasteiger partial charge in [-0.3, -0.25) is 4.79 Å². The van der Waals surface area contributed by atoms with E-state index in [-0.39, 0.29) is 6.04 Å². The zero-order valence-electron chi connectivity index (χ0n) is 10.9. The second kappa shape index (κ2) is 6.10. The van der Waals surface area contributed by atoms with Crippen LogP contribution in [0.1, 0.15) is 33.1 Å². The number of rotatable bonds is 2. The van der Waals surface area contributed by atoms with E-state index in [4.69, 9.17) is 0 Å². The molecule has 2 saturated heterocycles. The SMILES string of the molecule is CCC1CN(C(=O)C2NCCCC2C)CCS1. The van der Waals surface area contributed by atoms with Crippen LogP contribution in [-0.2, 0) is 4.79 Å². The van der Waals surface area contributed by atoms with Gasteiger partial charge in [-0.15, -0.1) is 0 Å². The van der Waals surface area contributed by atoms with Crippen LogP contribution in [0.25, 0.3) is 0 Å². The molecule has 2 fully saturated rings. The van der Waals surface area contributed by atoms with Crippen molar-refractivity contribution in [2.24, 2.45) is 5.92 Å². The Bertz CT molecular complexity index is 272. The van der Waals surface area contributed by atoms with Gasteiger partial charge in [-0.25, -0.2) is 0 Å². The molecule has 4 heteroatoms. The van der Waals surface area contributed by atoms with Gasteiger partial charge in [0.15, 0.2) is 0 Å². The van der Waals surface area contributed by atoms with Crippen LogP contribution in [0.5, 0.6) is 0 Å². The van der Waals surface area contributed by atoms with Crippen LogP contribution in [0.4, 0.5) is 0 Å². The first-order valence-corrected chi connectivity index (χ1v) is 7.91. The highest BCUT2D eigenvalue weighted by Crippen LogP contribution is 2.24. The molecule has 1 N–H and O–H groups in total. The highest BCUT2D eigenvalue weighted by molar-refractivity contribution is 8.00. The lowest BCUT2D eigenvalue weighted by Gasteiger charge is -2.37. The van der Waals surface area contributed by atoms with Gasteiger partial charge in [0.1, 0.15) is 0 Å². The Morgan fingerprint density at radius 1 is 1.53 bits per heavy atom. The van der Waals surface area contributed by atoms with E-state index in [2.05, 4.69) is 24.1 Å². The summed E-state index contributed by atoms with van der Waals surface area (Å²) in [7, 11) is 0. The van der Waals surface area contributed by atoms with Crippen molar-refractivity contribution in [2.75, 3.05) is 25.4 Å². The predicted molar refractivity (Wildman–Crippen MR) is 73.3 cm³/mol. The maximum absolute atomic E-state index is 12.5. The molecule has 0 spiro atoms. The highest BCUT2D eigenvalue weighted by Gasteiger charge is 2.32. The molecule has 0 aromatic carbocycles. The zero-order valence-corrected chi connectivity index (χ0v) is 11.8. The van der Waals surface area contributed by atoms with Gasteiger partial charge < -0.3 is 10.2 Å². The molecule has 0 aromatic rings. The number of nitrogens with one attached hydrogen (secondary N) is 1. The van der Waals surface area contributed by atoms with E-state index in [0.717, 1.165) is 25.4 Å². The quantitative estimate of drug-likeness (QED) is 0.816. The molecular weight excluding hydrogens is 232 g/mol. The average Bonchev–Trinajstić information content (AvgIpc) is 2.38. The molecule has 3 atom stereocenters. The summed E-state index contributed by atoms with van der Waals surface area (Å²) in [4.78, 5) is 14.6. The van der Waals surface area contributed by atoms with Gasteiger partial charge in [0.25, 0.3) is 0 Å². The van der Waals surface area contributed by atoms with Crippen molar-refractivity contribution < 1.29 is 4.79 Å². The number of thioether (sulfide) groups is 1. The summed E-state index contributed by atoms with van der Waals surface area (Å²) in [5.74, 6) is 1.94. The predicted octanol–water partition coefficient (Wildman–Crippen LogP) is 1.73. The van der Waals surface area contributed by atoms with Crippen LogP contribution in [0.2, 0.25) is 0 Å². The van der Waals surface area contributed by atoms with Crippen LogP contribution in [0.3, 0.4) is 0 Å². The molecule has 2 heterocycles. The Labute approximate surface area is 109 Å². The van der Waals surface area contributed by atoms with Crippen LogP contribution in [-0.4, -0.2) is 47.5 Å². The monoisotopic (exact) mass is 256 g/mol. The molecule has 0 bridgehead atoms. The number of carbonyl (C=O) groups excluding carboxylic acids is 1. The second-order valence-electron chi connectivity index (χ2n) is 5.24. The van der Waals surface area contributed by atoms with Crippen LogP contribution < -0.4 is 5.32 Å². The van der Waals surface area contributed by atoms with E-state index in [9.17, 15) is 4.79 Å². The number of carbonyl (C=O) groups is 1. The molecule has 1 amide bonds. The van der Waals surface area contributed by atoms with E-state index in [1.54, 1.807) is 0 Å². The lowest BCUT2D eigenvalue weighted by atomic mass is 9.91.